The normalized spacial score (nSPS) is 8.22. The average Bonchev–Trinajstić information content (AvgIpc) is 1.63. The van der Waals surface area contributed by atoms with Crippen molar-refractivity contribution in [2.75, 3.05) is 14.1 Å². The maximum atomic E-state index is 10.3. The lowest BCUT2D eigenvalue weighted by molar-refractivity contribution is 0.227. The van der Waals surface area contributed by atoms with Crippen LogP contribution in [-0.4, -0.2) is 33.4 Å². The fourth-order valence-electron chi connectivity index (χ4n) is 0.145. The summed E-state index contributed by atoms with van der Waals surface area (Å²) in [6.45, 7) is 0. The van der Waals surface area contributed by atoms with Crippen LogP contribution in [-0.2, 0) is 10.5 Å². The van der Waals surface area contributed by atoms with Crippen molar-refractivity contribution < 1.29 is 13.2 Å². The van der Waals surface area contributed by atoms with Crippen molar-refractivity contribution in [3.05, 3.63) is 0 Å². The Bertz CT molecular complexity index is 219. The minimum atomic E-state index is -2.63. The van der Waals surface area contributed by atoms with Gasteiger partial charge in [0, 0.05) is 14.1 Å². The third-order valence-corrected chi connectivity index (χ3v) is 0.840. The highest BCUT2D eigenvalue weighted by atomic mass is 32.2. The molecule has 0 fully saturated rings. The number of amides is 2. The van der Waals surface area contributed by atoms with Gasteiger partial charge in [-0.25, -0.2) is 4.79 Å². The van der Waals surface area contributed by atoms with Crippen LogP contribution < -0.4 is 0 Å². The molecule has 9 heavy (non-hydrogen) atoms. The molecule has 0 aliphatic heterocycles. The van der Waals surface area contributed by atoms with E-state index in [1.807, 2.05) is 0 Å². The summed E-state index contributed by atoms with van der Waals surface area (Å²) in [5.74, 6) is 0. The Balaban J connectivity index is 4.28. The Morgan fingerprint density at radius 3 is 2.00 bits per heavy atom. The number of hydrogen-bond donors (Lipinski definition) is 0. The quantitative estimate of drug-likeness (QED) is 0.477. The van der Waals surface area contributed by atoms with Crippen molar-refractivity contribution >= 4 is 16.5 Å². The largest absolute Gasteiger partial charge is 0.358 e. The Morgan fingerprint density at radius 2 is 1.89 bits per heavy atom. The van der Waals surface area contributed by atoms with Crippen molar-refractivity contribution in [3.63, 3.8) is 0 Å². The van der Waals surface area contributed by atoms with Crippen LogP contribution in [0.4, 0.5) is 4.79 Å². The molecular formula is C3H6N2O3S. The van der Waals surface area contributed by atoms with Gasteiger partial charge < -0.3 is 4.90 Å². The number of carbonyl (C=O) groups excluding carboxylic acids is 1. The molecule has 0 saturated heterocycles. The first kappa shape index (κ1) is 8.09. The topological polar surface area (TPSA) is 66.8 Å². The Morgan fingerprint density at radius 1 is 1.44 bits per heavy atom. The van der Waals surface area contributed by atoms with E-state index in [1.165, 1.54) is 14.1 Å². The molecule has 0 aromatic rings. The van der Waals surface area contributed by atoms with Crippen LogP contribution >= 0.6 is 0 Å². The third kappa shape index (κ3) is 3.65. The standard InChI is InChI=1S/C3H6N2O3S/c1-5(2)3(6)4-9(7)8/h1-2H3. The lowest BCUT2D eigenvalue weighted by Crippen LogP contribution is -2.16. The summed E-state index contributed by atoms with van der Waals surface area (Å²) in [4.78, 5) is 11.4. The van der Waals surface area contributed by atoms with E-state index >= 15 is 0 Å². The number of urea groups is 1. The molecule has 0 radical (unpaired) electrons. The average molecular weight is 150 g/mol. The molecule has 0 saturated carbocycles. The fraction of sp³-hybridized carbons (Fsp3) is 0.667. The van der Waals surface area contributed by atoms with Crippen LogP contribution in [0.1, 0.15) is 0 Å². The summed E-state index contributed by atoms with van der Waals surface area (Å²) >= 11 is 0. The van der Waals surface area contributed by atoms with E-state index < -0.39 is 16.5 Å². The van der Waals surface area contributed by atoms with Gasteiger partial charge >= 0.3 is 16.5 Å². The Kier molecular flexibility index (Phi) is 2.86. The number of nitrogens with zero attached hydrogens (tertiary/aromatic N) is 2. The van der Waals surface area contributed by atoms with Crippen LogP contribution in [0, 0.1) is 0 Å². The van der Waals surface area contributed by atoms with Gasteiger partial charge in [-0.05, 0) is 0 Å². The highest BCUT2D eigenvalue weighted by Gasteiger charge is 1.98. The number of rotatable bonds is 0. The molecule has 0 N–H and O–H groups in total. The highest BCUT2D eigenvalue weighted by Crippen LogP contribution is 1.80. The SMILES string of the molecule is CN(C)C(=O)N=S(=O)=O. The minimum Gasteiger partial charge on any atom is -0.328 e. The van der Waals surface area contributed by atoms with E-state index in [9.17, 15) is 13.2 Å². The third-order valence-electron chi connectivity index (χ3n) is 0.535. The monoisotopic (exact) mass is 150 g/mol. The predicted molar refractivity (Wildman–Crippen MR) is 30.4 cm³/mol. The zero-order chi connectivity index (χ0) is 7.44. The molecule has 0 aliphatic rings. The number of hydrogen-bond acceptors (Lipinski definition) is 3. The van der Waals surface area contributed by atoms with Gasteiger partial charge in [0.05, 0.1) is 0 Å². The molecule has 2 amide bonds. The Labute approximate surface area is 54.0 Å². The van der Waals surface area contributed by atoms with Gasteiger partial charge in [-0.3, -0.25) is 0 Å². The first-order valence-electron chi connectivity index (χ1n) is 2.06. The molecule has 0 spiro atoms. The van der Waals surface area contributed by atoms with E-state index in [4.69, 9.17) is 0 Å². The van der Waals surface area contributed by atoms with Crippen LogP contribution in [0.25, 0.3) is 0 Å². The second-order valence-corrected chi connectivity index (χ2v) is 2.10. The zero-order valence-corrected chi connectivity index (χ0v) is 5.84. The molecule has 6 heteroatoms. The molecule has 52 valence electrons. The predicted octanol–water partition coefficient (Wildman–Crippen LogP) is -0.269. The molecule has 0 bridgehead atoms. The van der Waals surface area contributed by atoms with E-state index in [0.717, 1.165) is 4.90 Å². The minimum absolute atomic E-state index is 0.775. The van der Waals surface area contributed by atoms with E-state index in [1.54, 1.807) is 0 Å². The van der Waals surface area contributed by atoms with Crippen molar-refractivity contribution in [2.24, 2.45) is 4.36 Å². The molecule has 0 aromatic heterocycles. The summed E-state index contributed by atoms with van der Waals surface area (Å²) in [7, 11) is 0.198. The Hall–Kier alpha value is -0.910. The second kappa shape index (κ2) is 3.18. The summed E-state index contributed by atoms with van der Waals surface area (Å²) in [5, 5.41) is 0. The van der Waals surface area contributed by atoms with Crippen LogP contribution in [0.2, 0.25) is 0 Å². The van der Waals surface area contributed by atoms with Crippen molar-refractivity contribution in [1.82, 2.24) is 4.90 Å². The molecule has 5 nitrogen and oxygen atoms in total. The zero-order valence-electron chi connectivity index (χ0n) is 5.03. The van der Waals surface area contributed by atoms with Gasteiger partial charge in [0.1, 0.15) is 0 Å². The van der Waals surface area contributed by atoms with Gasteiger partial charge in [-0.2, -0.15) is 8.42 Å². The van der Waals surface area contributed by atoms with Crippen molar-refractivity contribution in [2.45, 2.75) is 0 Å². The van der Waals surface area contributed by atoms with E-state index in [0.29, 0.717) is 0 Å². The molecule has 0 aromatic carbocycles. The molecule has 0 heterocycles. The van der Waals surface area contributed by atoms with Gasteiger partial charge in [-0.1, -0.05) is 4.36 Å². The summed E-state index contributed by atoms with van der Waals surface area (Å²) in [6.07, 6.45) is 0. The lowest BCUT2D eigenvalue weighted by Gasteiger charge is -2.00. The molecule has 0 atom stereocenters. The van der Waals surface area contributed by atoms with Crippen LogP contribution in [0.3, 0.4) is 0 Å². The van der Waals surface area contributed by atoms with Gasteiger partial charge in [0.15, 0.2) is 0 Å². The van der Waals surface area contributed by atoms with Gasteiger partial charge in [-0.15, -0.1) is 0 Å². The second-order valence-electron chi connectivity index (χ2n) is 1.49. The van der Waals surface area contributed by atoms with Gasteiger partial charge in [0.25, 0.3) is 0 Å². The van der Waals surface area contributed by atoms with Gasteiger partial charge in [0.2, 0.25) is 0 Å². The molecule has 0 aliphatic carbocycles. The van der Waals surface area contributed by atoms with E-state index in [-0.39, 0.29) is 0 Å². The molecule has 0 rings (SSSR count). The van der Waals surface area contributed by atoms with Crippen LogP contribution in [0.5, 0.6) is 0 Å². The first-order valence-corrected chi connectivity index (χ1v) is 3.09. The lowest BCUT2D eigenvalue weighted by atomic mass is 10.9. The maximum absolute atomic E-state index is 10.3. The summed E-state index contributed by atoms with van der Waals surface area (Å²) in [5.41, 5.74) is 0. The fourth-order valence-corrected chi connectivity index (χ4v) is 0.436. The number of carbonyl (C=O) groups is 1. The summed E-state index contributed by atoms with van der Waals surface area (Å²) in [6, 6.07) is -0.775. The molecular weight excluding hydrogens is 144 g/mol. The smallest absolute Gasteiger partial charge is 0.328 e. The maximum Gasteiger partial charge on any atom is 0.358 e. The van der Waals surface area contributed by atoms with Crippen molar-refractivity contribution in [1.29, 1.82) is 0 Å². The van der Waals surface area contributed by atoms with Crippen LogP contribution in [0.15, 0.2) is 4.36 Å². The highest BCUT2D eigenvalue weighted by molar-refractivity contribution is 7.62. The van der Waals surface area contributed by atoms with E-state index in [2.05, 4.69) is 4.36 Å². The molecule has 0 unspecified atom stereocenters. The summed E-state index contributed by atoms with van der Waals surface area (Å²) < 4.78 is 22.1. The van der Waals surface area contributed by atoms with Crippen molar-refractivity contribution in [3.8, 4) is 0 Å². The first-order chi connectivity index (χ1) is 4.04.